The standard InChI is InChI=1S/C11H16FN3O/c1-8(9-2-4-16-5-3-9)15-11-6-10(12)13-7-14-11/h6-9H,2-5H2,1H3,(H,13,14,15). The SMILES string of the molecule is CC(Nc1cc(F)ncn1)C1CCOCC1. The van der Waals surface area contributed by atoms with Gasteiger partial charge in [0.1, 0.15) is 12.1 Å². The molecule has 1 atom stereocenters. The van der Waals surface area contributed by atoms with Crippen LogP contribution in [0.25, 0.3) is 0 Å². The Labute approximate surface area is 94.2 Å². The number of halogens is 1. The maximum absolute atomic E-state index is 12.8. The van der Waals surface area contributed by atoms with E-state index in [1.807, 2.05) is 0 Å². The topological polar surface area (TPSA) is 47.0 Å². The lowest BCUT2D eigenvalue weighted by atomic mass is 9.93. The summed E-state index contributed by atoms with van der Waals surface area (Å²) in [6.45, 7) is 3.72. The molecule has 4 nitrogen and oxygen atoms in total. The van der Waals surface area contributed by atoms with Gasteiger partial charge in [-0.3, -0.25) is 0 Å². The molecule has 16 heavy (non-hydrogen) atoms. The molecule has 88 valence electrons. The molecule has 5 heteroatoms. The molecule has 1 aromatic rings. The van der Waals surface area contributed by atoms with Crippen molar-refractivity contribution < 1.29 is 9.13 Å². The van der Waals surface area contributed by atoms with E-state index < -0.39 is 5.95 Å². The minimum Gasteiger partial charge on any atom is -0.381 e. The number of nitrogens with one attached hydrogen (secondary N) is 1. The summed E-state index contributed by atoms with van der Waals surface area (Å²) in [7, 11) is 0. The van der Waals surface area contributed by atoms with Gasteiger partial charge in [0.15, 0.2) is 0 Å². The fourth-order valence-corrected chi connectivity index (χ4v) is 1.98. The minimum atomic E-state index is -0.503. The molecule has 1 saturated heterocycles. The van der Waals surface area contributed by atoms with E-state index in [0.717, 1.165) is 26.1 Å². The van der Waals surface area contributed by atoms with Gasteiger partial charge in [-0.15, -0.1) is 0 Å². The molecule has 1 aromatic heterocycles. The summed E-state index contributed by atoms with van der Waals surface area (Å²) < 4.78 is 18.2. The van der Waals surface area contributed by atoms with Gasteiger partial charge in [-0.1, -0.05) is 0 Å². The molecule has 0 aromatic carbocycles. The third-order valence-corrected chi connectivity index (χ3v) is 2.98. The molecule has 1 fully saturated rings. The predicted molar refractivity (Wildman–Crippen MR) is 58.6 cm³/mol. The summed E-state index contributed by atoms with van der Waals surface area (Å²) in [6, 6.07) is 1.59. The average molecular weight is 225 g/mol. The van der Waals surface area contributed by atoms with E-state index in [9.17, 15) is 4.39 Å². The van der Waals surface area contributed by atoms with Gasteiger partial charge in [-0.05, 0) is 25.7 Å². The van der Waals surface area contributed by atoms with Crippen molar-refractivity contribution in [3.8, 4) is 0 Å². The fourth-order valence-electron chi connectivity index (χ4n) is 1.98. The van der Waals surface area contributed by atoms with Crippen LogP contribution in [-0.4, -0.2) is 29.2 Å². The molecule has 0 spiro atoms. The van der Waals surface area contributed by atoms with Crippen LogP contribution in [0.1, 0.15) is 19.8 Å². The average Bonchev–Trinajstić information content (AvgIpc) is 2.30. The molecule has 0 amide bonds. The second kappa shape index (κ2) is 5.21. The van der Waals surface area contributed by atoms with Crippen LogP contribution in [0, 0.1) is 11.9 Å². The van der Waals surface area contributed by atoms with E-state index in [0.29, 0.717) is 11.7 Å². The second-order valence-electron chi connectivity index (χ2n) is 4.11. The van der Waals surface area contributed by atoms with Crippen LogP contribution < -0.4 is 5.32 Å². The number of nitrogens with zero attached hydrogens (tertiary/aromatic N) is 2. The molecule has 0 radical (unpaired) electrons. The molecule has 1 N–H and O–H groups in total. The summed E-state index contributed by atoms with van der Waals surface area (Å²) in [5.41, 5.74) is 0. The molecular weight excluding hydrogens is 209 g/mol. The molecule has 1 aliphatic rings. The smallest absolute Gasteiger partial charge is 0.217 e. The maximum Gasteiger partial charge on any atom is 0.217 e. The molecular formula is C11H16FN3O. The largest absolute Gasteiger partial charge is 0.381 e. The van der Waals surface area contributed by atoms with Gasteiger partial charge in [0, 0.05) is 25.3 Å². The van der Waals surface area contributed by atoms with Crippen molar-refractivity contribution in [3.63, 3.8) is 0 Å². The summed E-state index contributed by atoms with van der Waals surface area (Å²) in [5, 5.41) is 3.21. The Morgan fingerprint density at radius 2 is 2.19 bits per heavy atom. The Balaban J connectivity index is 1.93. The van der Waals surface area contributed by atoms with Crippen molar-refractivity contribution in [1.82, 2.24) is 9.97 Å². The Hall–Kier alpha value is -1.23. The monoisotopic (exact) mass is 225 g/mol. The third-order valence-electron chi connectivity index (χ3n) is 2.98. The number of rotatable bonds is 3. The van der Waals surface area contributed by atoms with Crippen molar-refractivity contribution in [1.29, 1.82) is 0 Å². The molecule has 1 aliphatic heterocycles. The number of hydrogen-bond donors (Lipinski definition) is 1. The van der Waals surface area contributed by atoms with Crippen LogP contribution in [0.5, 0.6) is 0 Å². The van der Waals surface area contributed by atoms with Crippen LogP contribution in [-0.2, 0) is 4.74 Å². The lowest BCUT2D eigenvalue weighted by Crippen LogP contribution is -2.31. The van der Waals surface area contributed by atoms with Crippen LogP contribution >= 0.6 is 0 Å². The zero-order chi connectivity index (χ0) is 11.4. The van der Waals surface area contributed by atoms with Gasteiger partial charge in [0.05, 0.1) is 0 Å². The third kappa shape index (κ3) is 2.88. The van der Waals surface area contributed by atoms with Crippen molar-refractivity contribution in [2.24, 2.45) is 5.92 Å². The lowest BCUT2D eigenvalue weighted by Gasteiger charge is -2.28. The van der Waals surface area contributed by atoms with Crippen LogP contribution in [0.15, 0.2) is 12.4 Å². The molecule has 2 rings (SSSR count). The van der Waals surface area contributed by atoms with Crippen LogP contribution in [0.3, 0.4) is 0 Å². The van der Waals surface area contributed by atoms with Gasteiger partial charge < -0.3 is 10.1 Å². The number of hydrogen-bond acceptors (Lipinski definition) is 4. The predicted octanol–water partition coefficient (Wildman–Crippen LogP) is 1.84. The molecule has 2 heterocycles. The van der Waals surface area contributed by atoms with Crippen LogP contribution in [0.4, 0.5) is 10.2 Å². The maximum atomic E-state index is 12.8. The quantitative estimate of drug-likeness (QED) is 0.797. The number of ether oxygens (including phenoxy) is 1. The van der Waals surface area contributed by atoms with Crippen molar-refractivity contribution in [2.45, 2.75) is 25.8 Å². The van der Waals surface area contributed by atoms with E-state index in [1.165, 1.54) is 12.4 Å². The first-order valence-electron chi connectivity index (χ1n) is 5.57. The second-order valence-corrected chi connectivity index (χ2v) is 4.11. The summed E-state index contributed by atoms with van der Waals surface area (Å²) >= 11 is 0. The highest BCUT2D eigenvalue weighted by Crippen LogP contribution is 2.20. The molecule has 0 bridgehead atoms. The van der Waals surface area contributed by atoms with Gasteiger partial charge in [0.25, 0.3) is 0 Å². The zero-order valence-corrected chi connectivity index (χ0v) is 9.32. The van der Waals surface area contributed by atoms with Gasteiger partial charge >= 0.3 is 0 Å². The minimum absolute atomic E-state index is 0.276. The van der Waals surface area contributed by atoms with E-state index in [4.69, 9.17) is 4.74 Å². The van der Waals surface area contributed by atoms with Crippen LogP contribution in [0.2, 0.25) is 0 Å². The summed E-state index contributed by atoms with van der Waals surface area (Å²) in [5.74, 6) is 0.606. The van der Waals surface area contributed by atoms with Gasteiger partial charge in [-0.2, -0.15) is 4.39 Å². The van der Waals surface area contributed by atoms with E-state index in [1.54, 1.807) is 0 Å². The number of aromatic nitrogens is 2. The first-order chi connectivity index (χ1) is 7.75. The van der Waals surface area contributed by atoms with E-state index >= 15 is 0 Å². The molecule has 1 unspecified atom stereocenters. The Bertz CT molecular complexity index is 342. The molecule has 0 aliphatic carbocycles. The Morgan fingerprint density at radius 3 is 2.88 bits per heavy atom. The summed E-state index contributed by atoms with van der Waals surface area (Å²) in [6.07, 6.45) is 3.32. The Kier molecular flexibility index (Phi) is 3.66. The first kappa shape index (κ1) is 11.3. The van der Waals surface area contributed by atoms with E-state index in [2.05, 4.69) is 22.2 Å². The van der Waals surface area contributed by atoms with E-state index in [-0.39, 0.29) is 6.04 Å². The highest BCUT2D eigenvalue weighted by Gasteiger charge is 2.20. The lowest BCUT2D eigenvalue weighted by molar-refractivity contribution is 0.0622. The fraction of sp³-hybridized carbons (Fsp3) is 0.636. The number of anilines is 1. The van der Waals surface area contributed by atoms with Gasteiger partial charge in [-0.25, -0.2) is 9.97 Å². The summed E-state index contributed by atoms with van der Waals surface area (Å²) in [4.78, 5) is 7.40. The molecule has 0 saturated carbocycles. The van der Waals surface area contributed by atoms with Crippen molar-refractivity contribution >= 4 is 5.82 Å². The van der Waals surface area contributed by atoms with Gasteiger partial charge in [0.2, 0.25) is 5.95 Å². The normalized spacial score (nSPS) is 19.4. The highest BCUT2D eigenvalue weighted by atomic mass is 19.1. The van der Waals surface area contributed by atoms with Crippen molar-refractivity contribution in [2.75, 3.05) is 18.5 Å². The van der Waals surface area contributed by atoms with Crippen molar-refractivity contribution in [3.05, 3.63) is 18.3 Å². The zero-order valence-electron chi connectivity index (χ0n) is 9.32. The Morgan fingerprint density at radius 1 is 1.44 bits per heavy atom. The highest BCUT2D eigenvalue weighted by molar-refractivity contribution is 5.33. The first-order valence-corrected chi connectivity index (χ1v) is 5.57.